The van der Waals surface area contributed by atoms with Crippen molar-refractivity contribution in [3.8, 4) is 0 Å². The molecule has 0 aromatic carbocycles. The molecule has 0 saturated heterocycles. The molecule has 0 radical (unpaired) electrons. The van der Waals surface area contributed by atoms with Crippen molar-refractivity contribution in [2.24, 2.45) is 11.8 Å². The molecule has 4 heteroatoms. The van der Waals surface area contributed by atoms with Crippen molar-refractivity contribution in [3.63, 3.8) is 0 Å². The summed E-state index contributed by atoms with van der Waals surface area (Å²) in [5, 5.41) is 3.28. The standard InChI is InChI=1S/C15H26F3N/c1-3-5-6-11-14(19-4-2)12-9-7-8-10-13(12)15(16,17)18/h3,12-14,19H,1,4-11H2,2H3. The molecule has 0 heterocycles. The van der Waals surface area contributed by atoms with Crippen molar-refractivity contribution in [2.45, 2.75) is 64.1 Å². The minimum Gasteiger partial charge on any atom is -0.314 e. The van der Waals surface area contributed by atoms with Gasteiger partial charge in [-0.15, -0.1) is 6.58 Å². The van der Waals surface area contributed by atoms with Crippen molar-refractivity contribution in [1.82, 2.24) is 5.32 Å². The molecule has 1 aliphatic rings. The highest BCUT2D eigenvalue weighted by molar-refractivity contribution is 4.88. The lowest BCUT2D eigenvalue weighted by molar-refractivity contribution is -0.199. The quantitative estimate of drug-likeness (QED) is 0.526. The van der Waals surface area contributed by atoms with Crippen LogP contribution in [0.1, 0.15) is 51.9 Å². The molecule has 19 heavy (non-hydrogen) atoms. The first-order chi connectivity index (χ1) is 9.00. The van der Waals surface area contributed by atoms with Gasteiger partial charge in [0.25, 0.3) is 0 Å². The highest BCUT2D eigenvalue weighted by Gasteiger charge is 2.47. The Morgan fingerprint density at radius 2 is 2.00 bits per heavy atom. The smallest absolute Gasteiger partial charge is 0.314 e. The average Bonchev–Trinajstić information content (AvgIpc) is 2.37. The average molecular weight is 277 g/mol. The first kappa shape index (κ1) is 16.5. The van der Waals surface area contributed by atoms with Gasteiger partial charge < -0.3 is 5.32 Å². The monoisotopic (exact) mass is 277 g/mol. The fraction of sp³-hybridized carbons (Fsp3) is 0.867. The van der Waals surface area contributed by atoms with Crippen molar-refractivity contribution in [2.75, 3.05) is 6.54 Å². The minimum atomic E-state index is -4.04. The molecule has 0 aromatic heterocycles. The zero-order valence-corrected chi connectivity index (χ0v) is 11.8. The fourth-order valence-corrected chi connectivity index (χ4v) is 3.26. The summed E-state index contributed by atoms with van der Waals surface area (Å²) in [7, 11) is 0. The van der Waals surface area contributed by atoms with Crippen molar-refractivity contribution < 1.29 is 13.2 Å². The van der Waals surface area contributed by atoms with Crippen LogP contribution in [0.3, 0.4) is 0 Å². The van der Waals surface area contributed by atoms with Crippen LogP contribution in [0.2, 0.25) is 0 Å². The molecule has 112 valence electrons. The van der Waals surface area contributed by atoms with E-state index >= 15 is 0 Å². The number of alkyl halides is 3. The summed E-state index contributed by atoms with van der Waals surface area (Å²) in [5.74, 6) is -1.37. The maximum absolute atomic E-state index is 13.1. The Hall–Kier alpha value is -0.510. The van der Waals surface area contributed by atoms with Gasteiger partial charge in [0.2, 0.25) is 0 Å². The summed E-state index contributed by atoms with van der Waals surface area (Å²) >= 11 is 0. The molecule has 1 rings (SSSR count). The molecular weight excluding hydrogens is 251 g/mol. The molecule has 0 aliphatic heterocycles. The summed E-state index contributed by atoms with van der Waals surface area (Å²) < 4.78 is 39.4. The second-order valence-corrected chi connectivity index (χ2v) is 5.48. The van der Waals surface area contributed by atoms with Crippen molar-refractivity contribution in [1.29, 1.82) is 0 Å². The van der Waals surface area contributed by atoms with Crippen molar-refractivity contribution in [3.05, 3.63) is 12.7 Å². The largest absolute Gasteiger partial charge is 0.392 e. The van der Waals surface area contributed by atoms with Gasteiger partial charge in [0, 0.05) is 6.04 Å². The van der Waals surface area contributed by atoms with Crippen LogP contribution in [-0.2, 0) is 0 Å². The lowest BCUT2D eigenvalue weighted by Crippen LogP contribution is -2.45. The number of halogens is 3. The zero-order chi connectivity index (χ0) is 14.3. The topological polar surface area (TPSA) is 12.0 Å². The van der Waals surface area contributed by atoms with Gasteiger partial charge in [0.1, 0.15) is 0 Å². The Morgan fingerprint density at radius 1 is 1.32 bits per heavy atom. The van der Waals surface area contributed by atoms with E-state index in [4.69, 9.17) is 0 Å². The summed E-state index contributed by atoms with van der Waals surface area (Å²) in [5.41, 5.74) is 0. The van der Waals surface area contributed by atoms with E-state index in [2.05, 4.69) is 11.9 Å². The van der Waals surface area contributed by atoms with Gasteiger partial charge in [0.05, 0.1) is 5.92 Å². The molecule has 0 spiro atoms. The molecule has 0 amide bonds. The first-order valence-electron chi connectivity index (χ1n) is 7.41. The van der Waals surface area contributed by atoms with Gasteiger partial charge >= 0.3 is 6.18 Å². The summed E-state index contributed by atoms with van der Waals surface area (Å²) in [4.78, 5) is 0. The maximum Gasteiger partial charge on any atom is 0.392 e. The summed E-state index contributed by atoms with van der Waals surface area (Å²) in [6, 6.07) is -0.00289. The lowest BCUT2D eigenvalue weighted by atomic mass is 9.73. The normalized spacial score (nSPS) is 26.1. The van der Waals surface area contributed by atoms with Gasteiger partial charge in [-0.05, 0) is 44.6 Å². The minimum absolute atomic E-state index is 0.00289. The second kappa shape index (κ2) is 7.93. The molecule has 0 aromatic rings. The third kappa shape index (κ3) is 5.17. The summed E-state index contributed by atoms with van der Waals surface area (Å²) in [6.45, 7) is 6.37. The van der Waals surface area contributed by atoms with E-state index in [1.807, 2.05) is 13.0 Å². The van der Waals surface area contributed by atoms with E-state index in [-0.39, 0.29) is 12.0 Å². The Bertz CT molecular complexity index is 263. The van der Waals surface area contributed by atoms with Crippen LogP contribution in [0.5, 0.6) is 0 Å². The second-order valence-electron chi connectivity index (χ2n) is 5.48. The Balaban J connectivity index is 2.69. The highest BCUT2D eigenvalue weighted by Crippen LogP contribution is 2.43. The number of hydrogen-bond acceptors (Lipinski definition) is 1. The third-order valence-corrected chi connectivity index (χ3v) is 4.15. The molecule has 1 N–H and O–H groups in total. The highest BCUT2D eigenvalue weighted by atomic mass is 19.4. The number of allylic oxidation sites excluding steroid dienone is 1. The van der Waals surface area contributed by atoms with Crippen LogP contribution in [0.15, 0.2) is 12.7 Å². The van der Waals surface area contributed by atoms with Gasteiger partial charge in [-0.1, -0.05) is 25.8 Å². The fourth-order valence-electron chi connectivity index (χ4n) is 3.26. The van der Waals surface area contributed by atoms with Gasteiger partial charge in [0.15, 0.2) is 0 Å². The lowest BCUT2D eigenvalue weighted by Gasteiger charge is -2.38. The molecule has 1 fully saturated rings. The SMILES string of the molecule is C=CCCCC(NCC)C1CCCCC1C(F)(F)F. The molecule has 0 bridgehead atoms. The van der Waals surface area contributed by atoms with E-state index in [1.54, 1.807) is 0 Å². The third-order valence-electron chi connectivity index (χ3n) is 4.15. The molecule has 1 nitrogen and oxygen atoms in total. The van der Waals surface area contributed by atoms with E-state index in [9.17, 15) is 13.2 Å². The van der Waals surface area contributed by atoms with Gasteiger partial charge in [-0.2, -0.15) is 13.2 Å². The zero-order valence-electron chi connectivity index (χ0n) is 11.8. The molecular formula is C15H26F3N. The van der Waals surface area contributed by atoms with Crippen LogP contribution < -0.4 is 5.32 Å². The molecule has 1 saturated carbocycles. The molecule has 1 aliphatic carbocycles. The molecule has 3 atom stereocenters. The van der Waals surface area contributed by atoms with Crippen LogP contribution in [0.4, 0.5) is 13.2 Å². The maximum atomic E-state index is 13.1. The van der Waals surface area contributed by atoms with E-state index in [0.717, 1.165) is 32.2 Å². The van der Waals surface area contributed by atoms with E-state index in [0.29, 0.717) is 19.3 Å². The molecule has 3 unspecified atom stereocenters. The van der Waals surface area contributed by atoms with Gasteiger partial charge in [-0.25, -0.2) is 0 Å². The van der Waals surface area contributed by atoms with E-state index < -0.39 is 12.1 Å². The first-order valence-corrected chi connectivity index (χ1v) is 7.41. The Kier molecular flexibility index (Phi) is 6.90. The Morgan fingerprint density at radius 3 is 2.58 bits per heavy atom. The van der Waals surface area contributed by atoms with E-state index in [1.165, 1.54) is 0 Å². The van der Waals surface area contributed by atoms with Crippen LogP contribution >= 0.6 is 0 Å². The number of nitrogens with one attached hydrogen (secondary N) is 1. The Labute approximate surface area is 114 Å². The number of unbranched alkanes of at least 4 members (excludes halogenated alkanes) is 1. The predicted molar refractivity (Wildman–Crippen MR) is 73.0 cm³/mol. The number of rotatable bonds is 7. The van der Waals surface area contributed by atoms with Crippen LogP contribution in [0, 0.1) is 11.8 Å². The van der Waals surface area contributed by atoms with Crippen LogP contribution in [-0.4, -0.2) is 18.8 Å². The number of hydrogen-bond donors (Lipinski definition) is 1. The van der Waals surface area contributed by atoms with Crippen molar-refractivity contribution >= 4 is 0 Å². The summed E-state index contributed by atoms with van der Waals surface area (Å²) in [6.07, 6.45) is 3.06. The van der Waals surface area contributed by atoms with Crippen LogP contribution in [0.25, 0.3) is 0 Å². The predicted octanol–water partition coefficient (Wildman–Crippen LogP) is 4.69. The van der Waals surface area contributed by atoms with Gasteiger partial charge in [-0.3, -0.25) is 0 Å².